The quantitative estimate of drug-likeness (QED) is 0.258. The number of hydrogen-bond acceptors (Lipinski definition) is 9. The maximum atomic E-state index is 12.3. The Morgan fingerprint density at radius 2 is 1.78 bits per heavy atom. The number of aliphatic carboxylic acids is 2. The van der Waals surface area contributed by atoms with Gasteiger partial charge in [-0.15, -0.1) is 0 Å². The third-order valence-electron chi connectivity index (χ3n) is 4.67. The number of nitrogens with two attached hydrogens (primary N) is 2. The number of nitrogens with one attached hydrogen (secondary N) is 2. The van der Waals surface area contributed by atoms with Crippen LogP contribution in [0.3, 0.4) is 0 Å². The van der Waals surface area contributed by atoms with Gasteiger partial charge in [0, 0.05) is 30.6 Å². The van der Waals surface area contributed by atoms with Crippen LogP contribution in [-0.2, 0) is 22.7 Å². The van der Waals surface area contributed by atoms with Crippen LogP contribution in [0.5, 0.6) is 0 Å². The lowest BCUT2D eigenvalue weighted by atomic mass is 10.1. The summed E-state index contributed by atoms with van der Waals surface area (Å²) in [5.41, 5.74) is 13.7. The number of nitrogens with zero attached hydrogens (tertiary/aromatic N) is 2. The van der Waals surface area contributed by atoms with Crippen LogP contribution in [0.25, 0.3) is 11.1 Å². The van der Waals surface area contributed by atoms with Crippen LogP contribution in [0, 0.1) is 0 Å². The zero-order valence-electron chi connectivity index (χ0n) is 16.9. The van der Waals surface area contributed by atoms with Gasteiger partial charge in [0.05, 0.1) is 11.6 Å². The first-order valence-corrected chi connectivity index (χ1v) is 9.58. The van der Waals surface area contributed by atoms with Crippen molar-refractivity contribution in [3.63, 3.8) is 0 Å². The Bertz CT molecular complexity index is 1140. The van der Waals surface area contributed by atoms with Crippen LogP contribution in [0.15, 0.2) is 34.9 Å². The van der Waals surface area contributed by atoms with Gasteiger partial charge in [0.25, 0.3) is 5.91 Å². The van der Waals surface area contributed by atoms with Crippen molar-refractivity contribution in [3.8, 4) is 0 Å². The Morgan fingerprint density at radius 1 is 1.06 bits per heavy atom. The standard InChI is InChI=1S/C20H22N6O6/c21-16-15-12(9-32-18(15)26-20(22)25-16)8-23-7-10-1-3-11(4-2-10)17(29)24-13(19(30)31)5-6-14(27)28/h1-4,9,13,23H,5-8H2,(H,24,29)(H,27,28)(H,30,31)(H4,21,22,25,26). The molecule has 8 N–H and O–H groups in total. The molecule has 0 fully saturated rings. The summed E-state index contributed by atoms with van der Waals surface area (Å²) in [5.74, 6) is -2.76. The highest BCUT2D eigenvalue weighted by atomic mass is 16.4. The van der Waals surface area contributed by atoms with Crippen molar-refractivity contribution < 1.29 is 29.0 Å². The van der Waals surface area contributed by atoms with E-state index in [0.717, 1.165) is 11.1 Å². The molecule has 1 atom stereocenters. The highest BCUT2D eigenvalue weighted by molar-refractivity contribution is 5.96. The zero-order valence-corrected chi connectivity index (χ0v) is 16.9. The van der Waals surface area contributed by atoms with E-state index in [0.29, 0.717) is 24.2 Å². The maximum absolute atomic E-state index is 12.3. The van der Waals surface area contributed by atoms with Crippen LogP contribution >= 0.6 is 0 Å². The van der Waals surface area contributed by atoms with Crippen molar-refractivity contribution in [2.75, 3.05) is 11.5 Å². The highest BCUT2D eigenvalue weighted by Crippen LogP contribution is 2.24. The second-order valence-electron chi connectivity index (χ2n) is 7.01. The number of fused-ring (bicyclic) bond motifs is 1. The number of carbonyl (C=O) groups is 3. The number of amides is 1. The molecule has 0 aliphatic carbocycles. The molecule has 2 heterocycles. The predicted octanol–water partition coefficient (Wildman–Crippen LogP) is 0.725. The molecule has 0 saturated heterocycles. The van der Waals surface area contributed by atoms with Gasteiger partial charge in [0.1, 0.15) is 11.9 Å². The van der Waals surface area contributed by atoms with Crippen LogP contribution in [0.4, 0.5) is 11.8 Å². The number of anilines is 2. The van der Waals surface area contributed by atoms with E-state index in [1.807, 2.05) is 0 Å². The van der Waals surface area contributed by atoms with E-state index in [4.69, 9.17) is 26.1 Å². The number of benzene rings is 1. The van der Waals surface area contributed by atoms with E-state index in [1.165, 1.54) is 6.26 Å². The fourth-order valence-corrected chi connectivity index (χ4v) is 3.06. The summed E-state index contributed by atoms with van der Waals surface area (Å²) in [4.78, 5) is 42.1. The molecule has 1 unspecified atom stereocenters. The zero-order chi connectivity index (χ0) is 23.3. The van der Waals surface area contributed by atoms with E-state index in [1.54, 1.807) is 24.3 Å². The minimum absolute atomic E-state index is 0.0320. The molecule has 32 heavy (non-hydrogen) atoms. The van der Waals surface area contributed by atoms with Gasteiger partial charge in [0.2, 0.25) is 11.7 Å². The third-order valence-corrected chi connectivity index (χ3v) is 4.67. The van der Waals surface area contributed by atoms with Crippen LogP contribution < -0.4 is 22.1 Å². The summed E-state index contributed by atoms with van der Waals surface area (Å²) in [5, 5.41) is 24.0. The Labute approximate surface area is 181 Å². The lowest BCUT2D eigenvalue weighted by Crippen LogP contribution is -2.41. The van der Waals surface area contributed by atoms with Crippen molar-refractivity contribution in [2.24, 2.45) is 0 Å². The van der Waals surface area contributed by atoms with Gasteiger partial charge in [-0.3, -0.25) is 9.59 Å². The van der Waals surface area contributed by atoms with Gasteiger partial charge in [-0.25, -0.2) is 4.79 Å². The van der Waals surface area contributed by atoms with Gasteiger partial charge < -0.3 is 36.7 Å². The molecule has 1 aromatic carbocycles. The largest absolute Gasteiger partial charge is 0.481 e. The fourth-order valence-electron chi connectivity index (χ4n) is 3.06. The number of furan rings is 1. The average Bonchev–Trinajstić information content (AvgIpc) is 3.14. The topological polar surface area (TPSA) is 207 Å². The highest BCUT2D eigenvalue weighted by Gasteiger charge is 2.21. The summed E-state index contributed by atoms with van der Waals surface area (Å²) in [7, 11) is 0. The van der Waals surface area contributed by atoms with Gasteiger partial charge in [0.15, 0.2) is 0 Å². The molecule has 168 valence electrons. The first-order valence-electron chi connectivity index (χ1n) is 9.58. The number of rotatable bonds is 10. The number of carbonyl (C=O) groups excluding carboxylic acids is 1. The lowest BCUT2D eigenvalue weighted by Gasteiger charge is -2.13. The number of aromatic nitrogens is 2. The van der Waals surface area contributed by atoms with Crippen molar-refractivity contribution >= 4 is 40.7 Å². The number of carboxylic acid groups (broad SMARTS) is 2. The Hall–Kier alpha value is -4.19. The molecule has 12 nitrogen and oxygen atoms in total. The molecule has 2 aromatic heterocycles. The van der Waals surface area contributed by atoms with Gasteiger partial charge in [-0.05, 0) is 24.1 Å². The first-order chi connectivity index (χ1) is 15.2. The average molecular weight is 442 g/mol. The fraction of sp³-hybridized carbons (Fsp3) is 0.250. The van der Waals surface area contributed by atoms with E-state index in [-0.39, 0.29) is 30.2 Å². The number of carboxylic acids is 2. The van der Waals surface area contributed by atoms with Crippen LogP contribution in [0.1, 0.15) is 34.3 Å². The molecule has 0 aliphatic heterocycles. The minimum atomic E-state index is -1.29. The van der Waals surface area contributed by atoms with Crippen molar-refractivity contribution in [3.05, 3.63) is 47.2 Å². The molecule has 0 aliphatic rings. The smallest absolute Gasteiger partial charge is 0.326 e. The van der Waals surface area contributed by atoms with Crippen LogP contribution in [-0.4, -0.2) is 44.1 Å². The number of hydrogen-bond donors (Lipinski definition) is 6. The molecule has 0 saturated carbocycles. The van der Waals surface area contributed by atoms with Crippen LogP contribution in [0.2, 0.25) is 0 Å². The molecule has 0 radical (unpaired) electrons. The lowest BCUT2D eigenvalue weighted by molar-refractivity contribution is -0.140. The second kappa shape index (κ2) is 9.75. The van der Waals surface area contributed by atoms with Crippen molar-refractivity contribution in [2.45, 2.75) is 32.0 Å². The normalized spacial score (nSPS) is 11.9. The summed E-state index contributed by atoms with van der Waals surface area (Å²) in [6, 6.07) is 5.28. The molecule has 1 amide bonds. The Balaban J connectivity index is 1.56. The molecular weight excluding hydrogens is 420 g/mol. The van der Waals surface area contributed by atoms with Gasteiger partial charge >= 0.3 is 11.9 Å². The van der Waals surface area contributed by atoms with Crippen molar-refractivity contribution in [1.82, 2.24) is 20.6 Å². The maximum Gasteiger partial charge on any atom is 0.326 e. The first kappa shape index (κ1) is 22.5. The van der Waals surface area contributed by atoms with E-state index >= 15 is 0 Å². The SMILES string of the molecule is Nc1nc(N)c2c(CNCc3ccc(C(=O)NC(CCC(=O)O)C(=O)O)cc3)coc2n1. The Kier molecular flexibility index (Phi) is 6.85. The van der Waals surface area contributed by atoms with Crippen molar-refractivity contribution in [1.29, 1.82) is 0 Å². The molecule has 12 heteroatoms. The van der Waals surface area contributed by atoms with E-state index in [9.17, 15) is 14.4 Å². The van der Waals surface area contributed by atoms with Gasteiger partial charge in [-0.2, -0.15) is 9.97 Å². The Morgan fingerprint density at radius 3 is 2.44 bits per heavy atom. The van der Waals surface area contributed by atoms with E-state index in [2.05, 4.69) is 20.6 Å². The molecule has 0 bridgehead atoms. The summed E-state index contributed by atoms with van der Waals surface area (Å²) in [6.45, 7) is 0.900. The summed E-state index contributed by atoms with van der Waals surface area (Å²) < 4.78 is 5.36. The third kappa shape index (κ3) is 5.49. The predicted molar refractivity (Wildman–Crippen MR) is 113 cm³/mol. The molecule has 0 spiro atoms. The summed E-state index contributed by atoms with van der Waals surface area (Å²) in [6.07, 6.45) is 0.959. The summed E-state index contributed by atoms with van der Waals surface area (Å²) >= 11 is 0. The minimum Gasteiger partial charge on any atom is -0.481 e. The second-order valence-corrected chi connectivity index (χ2v) is 7.01. The van der Waals surface area contributed by atoms with Gasteiger partial charge in [-0.1, -0.05) is 12.1 Å². The molecule has 3 rings (SSSR count). The molecule has 3 aromatic rings. The monoisotopic (exact) mass is 442 g/mol. The van der Waals surface area contributed by atoms with E-state index < -0.39 is 23.9 Å². The number of nitrogen functional groups attached to an aromatic ring is 2. The molecular formula is C20H22N6O6.